The molecule has 2 rings (SSSR count). The highest BCUT2D eigenvalue weighted by Gasteiger charge is 2.26. The van der Waals surface area contributed by atoms with Crippen molar-refractivity contribution in [3.05, 3.63) is 35.9 Å². The third-order valence-corrected chi connectivity index (χ3v) is 4.93. The van der Waals surface area contributed by atoms with Crippen LogP contribution in [0.5, 0.6) is 0 Å². The van der Waals surface area contributed by atoms with E-state index < -0.39 is 0 Å². The van der Waals surface area contributed by atoms with Crippen molar-refractivity contribution in [2.75, 3.05) is 31.7 Å². The summed E-state index contributed by atoms with van der Waals surface area (Å²) in [5.74, 6) is 1.04. The van der Waals surface area contributed by atoms with Gasteiger partial charge < -0.3 is 15.4 Å². The van der Waals surface area contributed by atoms with Gasteiger partial charge in [-0.15, -0.1) is 0 Å². The Bertz CT molecular complexity index is 461. The van der Waals surface area contributed by atoms with Crippen LogP contribution in [-0.4, -0.2) is 54.7 Å². The fourth-order valence-corrected chi connectivity index (χ4v) is 3.32. The summed E-state index contributed by atoms with van der Waals surface area (Å²) in [7, 11) is 0. The number of nitrogens with zero attached hydrogens (tertiary/aromatic N) is 1. The van der Waals surface area contributed by atoms with Gasteiger partial charge in [-0.25, -0.2) is 0 Å². The van der Waals surface area contributed by atoms with Gasteiger partial charge in [0.15, 0.2) is 0 Å². The minimum atomic E-state index is -0.349. The maximum Gasteiger partial charge on any atom is 0.239 e. The number of amides is 1. The summed E-state index contributed by atoms with van der Waals surface area (Å²) >= 11 is 1.73. The lowest BCUT2D eigenvalue weighted by Gasteiger charge is -2.33. The fourth-order valence-electron chi connectivity index (χ4n) is 2.83. The molecule has 23 heavy (non-hydrogen) atoms. The molecule has 5 heteroatoms. The number of carbonyl (C=O) groups excluding carboxylic acids is 1. The summed E-state index contributed by atoms with van der Waals surface area (Å²) in [5, 5.41) is 0. The van der Waals surface area contributed by atoms with Crippen LogP contribution in [0.25, 0.3) is 0 Å². The van der Waals surface area contributed by atoms with Crippen molar-refractivity contribution in [3.8, 4) is 0 Å². The van der Waals surface area contributed by atoms with Crippen LogP contribution in [0.15, 0.2) is 30.3 Å². The Morgan fingerprint density at radius 3 is 2.70 bits per heavy atom. The summed E-state index contributed by atoms with van der Waals surface area (Å²) in [6.07, 6.45) is 5.83. The summed E-state index contributed by atoms with van der Waals surface area (Å²) in [6, 6.07) is 10.0. The Morgan fingerprint density at radius 2 is 2.04 bits per heavy atom. The van der Waals surface area contributed by atoms with E-state index in [0.717, 1.165) is 51.1 Å². The van der Waals surface area contributed by atoms with Crippen molar-refractivity contribution in [2.24, 2.45) is 5.73 Å². The van der Waals surface area contributed by atoms with Crippen molar-refractivity contribution in [2.45, 2.75) is 37.8 Å². The molecule has 1 fully saturated rings. The first kappa shape index (κ1) is 18.3. The van der Waals surface area contributed by atoms with Gasteiger partial charge in [0.1, 0.15) is 0 Å². The summed E-state index contributed by atoms with van der Waals surface area (Å²) in [5.41, 5.74) is 7.28. The standard InChI is InChI=1S/C18H28N2O2S/c1-23-14-10-17(19)18(21)20-11-7-16(8-12-20)22-13-9-15-5-3-2-4-6-15/h2-6,16-17H,7-14,19H2,1H3/t17-/m0/s1. The van der Waals surface area contributed by atoms with Gasteiger partial charge in [0.2, 0.25) is 5.91 Å². The number of benzene rings is 1. The Hall–Kier alpha value is -1.04. The lowest BCUT2D eigenvalue weighted by atomic mass is 10.1. The SMILES string of the molecule is CSCC[C@H](N)C(=O)N1CCC(OCCc2ccccc2)CC1. The van der Waals surface area contributed by atoms with E-state index in [4.69, 9.17) is 10.5 Å². The van der Waals surface area contributed by atoms with Gasteiger partial charge in [0.05, 0.1) is 18.8 Å². The molecule has 1 aliphatic heterocycles. The second kappa shape index (κ2) is 9.96. The molecular formula is C18H28N2O2S. The van der Waals surface area contributed by atoms with Crippen LogP contribution in [0.3, 0.4) is 0 Å². The molecule has 0 saturated carbocycles. The van der Waals surface area contributed by atoms with Crippen LogP contribution in [0.1, 0.15) is 24.8 Å². The Labute approximate surface area is 143 Å². The van der Waals surface area contributed by atoms with E-state index in [-0.39, 0.29) is 18.1 Å². The zero-order valence-electron chi connectivity index (χ0n) is 13.9. The summed E-state index contributed by atoms with van der Waals surface area (Å²) in [4.78, 5) is 14.2. The number of hydrogen-bond donors (Lipinski definition) is 1. The molecule has 1 aromatic carbocycles. The Balaban J connectivity index is 1.64. The summed E-state index contributed by atoms with van der Waals surface area (Å²) in [6.45, 7) is 2.28. The van der Waals surface area contributed by atoms with Crippen LogP contribution in [0.4, 0.5) is 0 Å². The number of carbonyl (C=O) groups is 1. The predicted molar refractivity (Wildman–Crippen MR) is 96.7 cm³/mol. The van der Waals surface area contributed by atoms with Crippen molar-refractivity contribution in [1.82, 2.24) is 4.90 Å². The third-order valence-electron chi connectivity index (χ3n) is 4.29. The largest absolute Gasteiger partial charge is 0.378 e. The normalized spacial score (nSPS) is 17.2. The number of piperidine rings is 1. The molecule has 0 radical (unpaired) electrons. The molecule has 1 atom stereocenters. The molecule has 1 heterocycles. The highest BCUT2D eigenvalue weighted by molar-refractivity contribution is 7.98. The van der Waals surface area contributed by atoms with Crippen LogP contribution in [-0.2, 0) is 16.0 Å². The molecule has 0 aromatic heterocycles. The van der Waals surface area contributed by atoms with Crippen molar-refractivity contribution < 1.29 is 9.53 Å². The number of nitrogens with two attached hydrogens (primary N) is 1. The quantitative estimate of drug-likeness (QED) is 0.791. The number of thioether (sulfide) groups is 1. The van der Waals surface area contributed by atoms with E-state index in [2.05, 4.69) is 24.3 Å². The molecule has 0 aliphatic carbocycles. The predicted octanol–water partition coefficient (Wildman–Crippen LogP) is 2.32. The highest BCUT2D eigenvalue weighted by Crippen LogP contribution is 2.16. The number of ether oxygens (including phenoxy) is 1. The summed E-state index contributed by atoms with van der Waals surface area (Å²) < 4.78 is 5.97. The van der Waals surface area contributed by atoms with E-state index in [1.165, 1.54) is 5.56 Å². The lowest BCUT2D eigenvalue weighted by Crippen LogP contribution is -2.48. The van der Waals surface area contributed by atoms with Gasteiger partial charge in [-0.3, -0.25) is 4.79 Å². The minimum Gasteiger partial charge on any atom is -0.378 e. The van der Waals surface area contributed by atoms with Crippen LogP contribution >= 0.6 is 11.8 Å². The van der Waals surface area contributed by atoms with Crippen LogP contribution < -0.4 is 5.73 Å². The third kappa shape index (κ3) is 6.16. The number of hydrogen-bond acceptors (Lipinski definition) is 4. The molecule has 0 bridgehead atoms. The van der Waals surface area contributed by atoms with Crippen LogP contribution in [0, 0.1) is 0 Å². The monoisotopic (exact) mass is 336 g/mol. The van der Waals surface area contributed by atoms with Crippen molar-refractivity contribution in [3.63, 3.8) is 0 Å². The van der Waals surface area contributed by atoms with Gasteiger partial charge >= 0.3 is 0 Å². The smallest absolute Gasteiger partial charge is 0.239 e. The van der Waals surface area contributed by atoms with Gasteiger partial charge in [-0.1, -0.05) is 30.3 Å². The molecule has 4 nitrogen and oxygen atoms in total. The van der Waals surface area contributed by atoms with Crippen LogP contribution in [0.2, 0.25) is 0 Å². The molecule has 0 unspecified atom stereocenters. The molecule has 128 valence electrons. The first-order chi connectivity index (χ1) is 11.2. The molecule has 1 amide bonds. The topological polar surface area (TPSA) is 55.6 Å². The first-order valence-corrected chi connectivity index (χ1v) is 9.79. The maximum atomic E-state index is 12.3. The minimum absolute atomic E-state index is 0.0989. The second-order valence-corrected chi connectivity index (χ2v) is 7.00. The van der Waals surface area contributed by atoms with E-state index in [1.54, 1.807) is 11.8 Å². The molecular weight excluding hydrogens is 308 g/mol. The molecule has 1 aromatic rings. The lowest BCUT2D eigenvalue weighted by molar-refractivity contribution is -0.135. The average molecular weight is 337 g/mol. The molecule has 2 N–H and O–H groups in total. The number of rotatable bonds is 8. The van der Waals surface area contributed by atoms with E-state index >= 15 is 0 Å². The van der Waals surface area contributed by atoms with Crippen molar-refractivity contribution in [1.29, 1.82) is 0 Å². The Kier molecular flexibility index (Phi) is 7.92. The van der Waals surface area contributed by atoms with Gasteiger partial charge in [-0.2, -0.15) is 11.8 Å². The van der Waals surface area contributed by atoms with E-state index in [1.807, 2.05) is 17.2 Å². The second-order valence-electron chi connectivity index (χ2n) is 6.02. The van der Waals surface area contributed by atoms with E-state index in [0.29, 0.717) is 0 Å². The first-order valence-electron chi connectivity index (χ1n) is 8.39. The maximum absolute atomic E-state index is 12.3. The molecule has 0 spiro atoms. The zero-order valence-corrected chi connectivity index (χ0v) is 14.8. The van der Waals surface area contributed by atoms with Gasteiger partial charge in [0, 0.05) is 13.1 Å². The van der Waals surface area contributed by atoms with Gasteiger partial charge in [-0.05, 0) is 43.3 Å². The Morgan fingerprint density at radius 1 is 1.35 bits per heavy atom. The number of likely N-dealkylation sites (tertiary alicyclic amines) is 1. The van der Waals surface area contributed by atoms with E-state index in [9.17, 15) is 4.79 Å². The highest BCUT2D eigenvalue weighted by atomic mass is 32.2. The fraction of sp³-hybridized carbons (Fsp3) is 0.611. The molecule has 1 aliphatic rings. The molecule has 1 saturated heterocycles. The van der Waals surface area contributed by atoms with Crippen molar-refractivity contribution >= 4 is 17.7 Å². The average Bonchev–Trinajstić information content (AvgIpc) is 2.60. The zero-order chi connectivity index (χ0) is 16.5. The van der Waals surface area contributed by atoms with Gasteiger partial charge in [0.25, 0.3) is 0 Å².